The Balaban J connectivity index is 3.20. The van der Waals surface area contributed by atoms with Crippen LogP contribution in [0.4, 0.5) is 27.6 Å². The summed E-state index contributed by atoms with van der Waals surface area (Å²) in [6.07, 6.45) is 0.0886. The van der Waals surface area contributed by atoms with Gasteiger partial charge in [0.1, 0.15) is 5.69 Å². The van der Waals surface area contributed by atoms with Gasteiger partial charge in [0.15, 0.2) is 23.3 Å². The highest BCUT2D eigenvalue weighted by Gasteiger charge is 2.27. The van der Waals surface area contributed by atoms with Gasteiger partial charge < -0.3 is 10.6 Å². The molecule has 8 heteroatoms. The summed E-state index contributed by atoms with van der Waals surface area (Å²) < 4.78 is 65.3. The predicted molar refractivity (Wildman–Crippen MR) is 60.9 cm³/mol. The molecular weight excluding hydrogens is 275 g/mol. The molecule has 0 saturated carbocycles. The van der Waals surface area contributed by atoms with Crippen molar-refractivity contribution in [3.63, 3.8) is 0 Å². The van der Waals surface area contributed by atoms with Crippen molar-refractivity contribution < 1.29 is 22.0 Å². The highest BCUT2D eigenvalue weighted by atomic mass is 32.1. The Labute approximate surface area is 105 Å². The van der Waals surface area contributed by atoms with E-state index < -0.39 is 34.8 Å². The van der Waals surface area contributed by atoms with E-state index in [0.717, 1.165) is 4.90 Å². The number of benzene rings is 1. The van der Waals surface area contributed by atoms with Crippen LogP contribution in [0.25, 0.3) is 0 Å². The van der Waals surface area contributed by atoms with Gasteiger partial charge in [-0.2, -0.15) is 0 Å². The zero-order chi connectivity index (χ0) is 14.0. The van der Waals surface area contributed by atoms with E-state index in [9.17, 15) is 22.0 Å². The molecule has 1 rings (SSSR count). The highest BCUT2D eigenvalue weighted by Crippen LogP contribution is 2.29. The molecule has 0 unspecified atom stereocenters. The van der Waals surface area contributed by atoms with Crippen molar-refractivity contribution >= 4 is 22.9 Å². The molecule has 0 fully saturated rings. The average molecular weight is 284 g/mol. The summed E-state index contributed by atoms with van der Waals surface area (Å²) >= 11 is 4.56. The molecule has 1 aromatic carbocycles. The SMILES string of the molecule is CN(CCC(N)=S)c1c(F)c(F)c(F)c(F)c1F. The van der Waals surface area contributed by atoms with Gasteiger partial charge in [0.05, 0.1) is 4.99 Å². The van der Waals surface area contributed by atoms with Crippen LogP contribution in [-0.2, 0) is 0 Å². The lowest BCUT2D eigenvalue weighted by Crippen LogP contribution is -2.26. The molecule has 0 aliphatic carbocycles. The maximum Gasteiger partial charge on any atom is 0.200 e. The largest absolute Gasteiger partial charge is 0.393 e. The smallest absolute Gasteiger partial charge is 0.200 e. The third-order valence-corrected chi connectivity index (χ3v) is 2.47. The molecule has 0 amide bonds. The molecule has 0 aromatic heterocycles. The second-order valence-electron chi connectivity index (χ2n) is 3.56. The number of anilines is 1. The molecule has 2 nitrogen and oxygen atoms in total. The number of hydrogen-bond acceptors (Lipinski definition) is 2. The molecule has 0 aliphatic heterocycles. The van der Waals surface area contributed by atoms with Crippen LogP contribution >= 0.6 is 12.2 Å². The van der Waals surface area contributed by atoms with E-state index in [-0.39, 0.29) is 18.0 Å². The zero-order valence-corrected chi connectivity index (χ0v) is 10.1. The number of halogens is 5. The zero-order valence-electron chi connectivity index (χ0n) is 9.24. The van der Waals surface area contributed by atoms with Crippen LogP contribution in [0.2, 0.25) is 0 Å². The molecule has 2 N–H and O–H groups in total. The molecule has 0 bridgehead atoms. The number of thiocarbonyl (C=S) groups is 1. The normalized spacial score (nSPS) is 10.6. The summed E-state index contributed by atoms with van der Waals surface area (Å²) in [4.78, 5) is 0.945. The van der Waals surface area contributed by atoms with Gasteiger partial charge >= 0.3 is 0 Å². The monoisotopic (exact) mass is 284 g/mol. The van der Waals surface area contributed by atoms with Crippen LogP contribution < -0.4 is 10.6 Å². The van der Waals surface area contributed by atoms with E-state index in [0.29, 0.717) is 0 Å². The minimum atomic E-state index is -2.18. The second kappa shape index (κ2) is 5.47. The summed E-state index contributed by atoms with van der Waals surface area (Å²) in [7, 11) is 1.18. The van der Waals surface area contributed by atoms with E-state index in [1.807, 2.05) is 0 Å². The molecule has 0 aliphatic rings. The van der Waals surface area contributed by atoms with Crippen molar-refractivity contribution in [3.05, 3.63) is 29.1 Å². The first-order valence-corrected chi connectivity index (χ1v) is 5.19. The van der Waals surface area contributed by atoms with Gasteiger partial charge in [-0.25, -0.2) is 22.0 Å². The first kappa shape index (κ1) is 14.6. The first-order valence-electron chi connectivity index (χ1n) is 4.78. The van der Waals surface area contributed by atoms with E-state index in [1.54, 1.807) is 0 Å². The molecular formula is C10H9F5N2S. The molecule has 0 atom stereocenters. The Kier molecular flexibility index (Phi) is 4.44. The van der Waals surface area contributed by atoms with Gasteiger partial charge in [0, 0.05) is 20.0 Å². The van der Waals surface area contributed by atoms with Gasteiger partial charge in [-0.05, 0) is 0 Å². The molecule has 18 heavy (non-hydrogen) atoms. The summed E-state index contributed by atoms with van der Waals surface area (Å²) in [5.74, 6) is -9.90. The van der Waals surface area contributed by atoms with Crippen LogP contribution in [0.5, 0.6) is 0 Å². The van der Waals surface area contributed by atoms with E-state index >= 15 is 0 Å². The standard InChI is InChI=1S/C10H9F5N2S/c1-17(3-2-4(16)18)10-8(14)6(12)5(11)7(13)9(10)15/h2-3H2,1H3,(H2,16,18). The lowest BCUT2D eigenvalue weighted by Gasteiger charge is -2.20. The maximum atomic E-state index is 13.4. The fourth-order valence-electron chi connectivity index (χ4n) is 1.32. The van der Waals surface area contributed by atoms with Crippen molar-refractivity contribution in [1.82, 2.24) is 0 Å². The summed E-state index contributed by atoms with van der Waals surface area (Å²) in [5, 5.41) is 0. The van der Waals surface area contributed by atoms with E-state index in [4.69, 9.17) is 5.73 Å². The van der Waals surface area contributed by atoms with Gasteiger partial charge in [-0.1, -0.05) is 12.2 Å². The number of hydrogen-bond donors (Lipinski definition) is 1. The fraction of sp³-hybridized carbons (Fsp3) is 0.300. The topological polar surface area (TPSA) is 29.3 Å². The van der Waals surface area contributed by atoms with Gasteiger partial charge in [0.25, 0.3) is 0 Å². The molecule has 1 aromatic rings. The summed E-state index contributed by atoms with van der Waals surface area (Å²) in [6.45, 7) is -0.0618. The predicted octanol–water partition coefficient (Wildman–Crippen LogP) is 2.49. The van der Waals surface area contributed by atoms with Gasteiger partial charge in [-0.3, -0.25) is 0 Å². The quantitative estimate of drug-likeness (QED) is 0.399. The molecule has 0 saturated heterocycles. The Bertz CT molecular complexity index is 463. The van der Waals surface area contributed by atoms with Gasteiger partial charge in [-0.15, -0.1) is 0 Å². The lowest BCUT2D eigenvalue weighted by atomic mass is 10.2. The van der Waals surface area contributed by atoms with Crippen molar-refractivity contribution in [2.75, 3.05) is 18.5 Å². The summed E-state index contributed by atoms with van der Waals surface area (Å²) in [5.41, 5.74) is 4.19. The molecule has 100 valence electrons. The van der Waals surface area contributed by atoms with Crippen LogP contribution in [0.1, 0.15) is 6.42 Å². The third-order valence-electron chi connectivity index (χ3n) is 2.26. The van der Waals surface area contributed by atoms with E-state index in [2.05, 4.69) is 12.2 Å². The highest BCUT2D eigenvalue weighted by molar-refractivity contribution is 7.80. The second-order valence-corrected chi connectivity index (χ2v) is 4.08. The Morgan fingerprint density at radius 1 is 1.00 bits per heavy atom. The Morgan fingerprint density at radius 3 is 1.78 bits per heavy atom. The van der Waals surface area contributed by atoms with Crippen molar-refractivity contribution in [2.24, 2.45) is 5.73 Å². The van der Waals surface area contributed by atoms with Crippen molar-refractivity contribution in [1.29, 1.82) is 0 Å². The Hall–Kier alpha value is -1.44. The molecule has 0 heterocycles. The van der Waals surface area contributed by atoms with Gasteiger partial charge in [0.2, 0.25) is 5.82 Å². The number of nitrogens with two attached hydrogens (primary N) is 1. The summed E-state index contributed by atoms with van der Waals surface area (Å²) in [6, 6.07) is 0. The molecule has 0 spiro atoms. The minimum Gasteiger partial charge on any atom is -0.393 e. The van der Waals surface area contributed by atoms with Crippen molar-refractivity contribution in [2.45, 2.75) is 6.42 Å². The van der Waals surface area contributed by atoms with Crippen molar-refractivity contribution in [3.8, 4) is 0 Å². The Morgan fingerprint density at radius 2 is 1.39 bits per heavy atom. The average Bonchev–Trinajstić information content (AvgIpc) is 2.31. The lowest BCUT2D eigenvalue weighted by molar-refractivity contribution is 0.379. The van der Waals surface area contributed by atoms with Crippen LogP contribution in [0, 0.1) is 29.1 Å². The third kappa shape index (κ3) is 2.69. The van der Waals surface area contributed by atoms with Crippen LogP contribution in [-0.4, -0.2) is 18.6 Å². The number of nitrogens with zero attached hydrogens (tertiary/aromatic N) is 1. The number of rotatable bonds is 4. The minimum absolute atomic E-state index is 0.0618. The van der Waals surface area contributed by atoms with Crippen LogP contribution in [0.3, 0.4) is 0 Å². The first-order chi connectivity index (χ1) is 8.27. The molecule has 0 radical (unpaired) electrons. The van der Waals surface area contributed by atoms with E-state index in [1.165, 1.54) is 7.05 Å². The fourth-order valence-corrected chi connectivity index (χ4v) is 1.41. The van der Waals surface area contributed by atoms with Crippen LogP contribution in [0.15, 0.2) is 0 Å². The maximum absolute atomic E-state index is 13.4.